The third kappa shape index (κ3) is 5.78. The van der Waals surface area contributed by atoms with Crippen molar-refractivity contribution < 1.29 is 25.2 Å². The molecule has 1 unspecified atom stereocenters. The molecule has 0 amide bonds. The van der Waals surface area contributed by atoms with E-state index in [1.54, 1.807) is 0 Å². The van der Waals surface area contributed by atoms with E-state index in [0.717, 1.165) is 0 Å². The summed E-state index contributed by atoms with van der Waals surface area (Å²) in [5.74, 6) is -1.28. The van der Waals surface area contributed by atoms with Crippen LogP contribution in [0.4, 0.5) is 0 Å². The number of carbonyl (C=O) groups is 1. The highest BCUT2D eigenvalue weighted by Gasteiger charge is 2.12. The van der Waals surface area contributed by atoms with Gasteiger partial charge in [0, 0.05) is 0 Å². The maximum absolute atomic E-state index is 10.00. The summed E-state index contributed by atoms with van der Waals surface area (Å²) in [7, 11) is 0. The van der Waals surface area contributed by atoms with E-state index in [2.05, 4.69) is 0 Å². The zero-order valence-corrected chi connectivity index (χ0v) is 5.97. The van der Waals surface area contributed by atoms with Crippen LogP contribution in [0.1, 0.15) is 19.3 Å². The highest BCUT2D eigenvalue weighted by molar-refractivity contribution is 5.71. The van der Waals surface area contributed by atoms with Gasteiger partial charge in [0.1, 0.15) is 0 Å². The Bertz CT molecular complexity index is 122. The smallest absolute Gasteiger partial charge is 0.332 e. The average Bonchev–Trinajstić information content (AvgIpc) is 1.86. The van der Waals surface area contributed by atoms with Gasteiger partial charge in [0.15, 0.2) is 12.4 Å². The van der Waals surface area contributed by atoms with E-state index in [4.69, 9.17) is 20.4 Å². The second-order valence-corrected chi connectivity index (χ2v) is 2.27. The van der Waals surface area contributed by atoms with Crippen LogP contribution in [0.5, 0.6) is 0 Å². The summed E-state index contributed by atoms with van der Waals surface area (Å²) in [6, 6.07) is 0. The van der Waals surface area contributed by atoms with Crippen molar-refractivity contribution in [3.63, 3.8) is 0 Å². The van der Waals surface area contributed by atoms with Gasteiger partial charge < -0.3 is 20.4 Å². The molecule has 0 aliphatic heterocycles. The van der Waals surface area contributed by atoms with Gasteiger partial charge >= 0.3 is 5.97 Å². The fourth-order valence-corrected chi connectivity index (χ4v) is 0.617. The highest BCUT2D eigenvalue weighted by Crippen LogP contribution is 2.02. The Hall–Kier alpha value is -0.650. The van der Waals surface area contributed by atoms with Gasteiger partial charge in [-0.15, -0.1) is 0 Å². The summed E-state index contributed by atoms with van der Waals surface area (Å²) < 4.78 is 0. The Kier molecular flexibility index (Phi) is 4.76. The molecule has 0 aliphatic carbocycles. The number of aliphatic carboxylic acids is 1. The van der Waals surface area contributed by atoms with Crippen molar-refractivity contribution in [2.45, 2.75) is 31.7 Å². The third-order valence-electron chi connectivity index (χ3n) is 1.22. The van der Waals surface area contributed by atoms with E-state index in [1.807, 2.05) is 0 Å². The summed E-state index contributed by atoms with van der Waals surface area (Å²) in [5.41, 5.74) is 0. The number of hydrogen-bond donors (Lipinski definition) is 4. The van der Waals surface area contributed by atoms with E-state index in [1.165, 1.54) is 0 Å². The Labute approximate surface area is 63.9 Å². The Balaban J connectivity index is 3.31. The lowest BCUT2D eigenvalue weighted by atomic mass is 10.1. The molecular weight excluding hydrogens is 152 g/mol. The minimum absolute atomic E-state index is 0.0486. The van der Waals surface area contributed by atoms with Crippen molar-refractivity contribution in [2.24, 2.45) is 0 Å². The molecule has 0 aromatic rings. The summed E-state index contributed by atoms with van der Waals surface area (Å²) in [4.78, 5) is 10.00. The minimum Gasteiger partial charge on any atom is -0.479 e. The number of hydrogen-bond acceptors (Lipinski definition) is 4. The lowest BCUT2D eigenvalue weighted by molar-refractivity contribution is -0.147. The molecule has 0 saturated carbocycles. The zero-order chi connectivity index (χ0) is 8.85. The van der Waals surface area contributed by atoms with Crippen LogP contribution >= 0.6 is 0 Å². The van der Waals surface area contributed by atoms with Crippen molar-refractivity contribution in [3.8, 4) is 0 Å². The number of rotatable bonds is 5. The fourth-order valence-electron chi connectivity index (χ4n) is 0.617. The first kappa shape index (κ1) is 10.3. The monoisotopic (exact) mass is 164 g/mol. The molecule has 0 aliphatic rings. The lowest BCUT2D eigenvalue weighted by Crippen LogP contribution is -2.19. The number of carboxylic acids is 1. The molecule has 5 nitrogen and oxygen atoms in total. The van der Waals surface area contributed by atoms with Crippen molar-refractivity contribution in [1.29, 1.82) is 0 Å². The van der Waals surface area contributed by atoms with Crippen LogP contribution in [0.3, 0.4) is 0 Å². The minimum atomic E-state index is -1.42. The molecule has 0 radical (unpaired) electrons. The van der Waals surface area contributed by atoms with Crippen molar-refractivity contribution in [2.75, 3.05) is 0 Å². The van der Waals surface area contributed by atoms with Gasteiger partial charge in [0.05, 0.1) is 0 Å². The lowest BCUT2D eigenvalue weighted by Gasteiger charge is -2.05. The van der Waals surface area contributed by atoms with Crippen LogP contribution in [-0.4, -0.2) is 38.8 Å². The second-order valence-electron chi connectivity index (χ2n) is 2.27. The molecule has 0 heterocycles. The van der Waals surface area contributed by atoms with Gasteiger partial charge in [0.25, 0.3) is 0 Å². The van der Waals surface area contributed by atoms with Crippen LogP contribution in [-0.2, 0) is 4.79 Å². The maximum atomic E-state index is 10.00. The number of aliphatic hydroxyl groups excluding tert-OH is 2. The summed E-state index contributed by atoms with van der Waals surface area (Å²) in [6.45, 7) is 0. The van der Waals surface area contributed by atoms with Crippen LogP contribution in [0.15, 0.2) is 0 Å². The van der Waals surface area contributed by atoms with E-state index < -0.39 is 18.4 Å². The van der Waals surface area contributed by atoms with Gasteiger partial charge in [-0.05, 0) is 19.3 Å². The molecule has 66 valence electrons. The third-order valence-corrected chi connectivity index (χ3v) is 1.22. The van der Waals surface area contributed by atoms with E-state index in [-0.39, 0.29) is 19.3 Å². The van der Waals surface area contributed by atoms with Crippen LogP contribution < -0.4 is 0 Å². The molecule has 11 heavy (non-hydrogen) atoms. The molecule has 0 saturated heterocycles. The molecule has 0 rings (SSSR count). The van der Waals surface area contributed by atoms with Crippen molar-refractivity contribution >= 4 is 5.97 Å². The van der Waals surface area contributed by atoms with Gasteiger partial charge in [-0.3, -0.25) is 0 Å². The predicted octanol–water partition coefficient (Wildman–Crippen LogP) is -1.09. The first-order valence-corrected chi connectivity index (χ1v) is 3.31. The van der Waals surface area contributed by atoms with Gasteiger partial charge in [-0.1, -0.05) is 0 Å². The van der Waals surface area contributed by atoms with E-state index in [9.17, 15) is 4.79 Å². The van der Waals surface area contributed by atoms with Crippen molar-refractivity contribution in [3.05, 3.63) is 0 Å². The maximum Gasteiger partial charge on any atom is 0.332 e. The van der Waals surface area contributed by atoms with E-state index in [0.29, 0.717) is 0 Å². The van der Waals surface area contributed by atoms with E-state index >= 15 is 0 Å². The number of aliphatic hydroxyl groups is 3. The molecule has 0 bridgehead atoms. The summed E-state index contributed by atoms with van der Waals surface area (Å²) in [5, 5.41) is 33.5. The second kappa shape index (κ2) is 5.06. The summed E-state index contributed by atoms with van der Waals surface area (Å²) in [6.07, 6.45) is -2.40. The first-order chi connectivity index (χ1) is 5.04. The molecule has 0 fully saturated rings. The standard InChI is InChI=1S/C6H12O5/c7-4(6(10)11)2-1-3-5(8)9/h4-5,7-9H,1-3H2,(H,10,11). The molecule has 0 spiro atoms. The average molecular weight is 164 g/mol. The quantitative estimate of drug-likeness (QED) is 0.387. The Morgan fingerprint density at radius 2 is 1.73 bits per heavy atom. The van der Waals surface area contributed by atoms with Crippen LogP contribution in [0.25, 0.3) is 0 Å². The van der Waals surface area contributed by atoms with Crippen LogP contribution in [0.2, 0.25) is 0 Å². The fraction of sp³-hybridized carbons (Fsp3) is 0.833. The summed E-state index contributed by atoms with van der Waals surface area (Å²) >= 11 is 0. The molecule has 1 atom stereocenters. The molecule has 0 aromatic carbocycles. The first-order valence-electron chi connectivity index (χ1n) is 3.31. The Morgan fingerprint density at radius 3 is 2.09 bits per heavy atom. The molecular formula is C6H12O5. The van der Waals surface area contributed by atoms with Crippen molar-refractivity contribution in [1.82, 2.24) is 0 Å². The molecule has 4 N–H and O–H groups in total. The van der Waals surface area contributed by atoms with Gasteiger partial charge in [-0.2, -0.15) is 0 Å². The topological polar surface area (TPSA) is 98.0 Å². The van der Waals surface area contributed by atoms with Gasteiger partial charge in [-0.25, -0.2) is 4.79 Å². The SMILES string of the molecule is O=C(O)C(O)CCCC(O)O. The zero-order valence-electron chi connectivity index (χ0n) is 5.97. The molecule has 5 heteroatoms. The van der Waals surface area contributed by atoms with Gasteiger partial charge in [0.2, 0.25) is 0 Å². The largest absolute Gasteiger partial charge is 0.479 e. The predicted molar refractivity (Wildman–Crippen MR) is 35.7 cm³/mol. The highest BCUT2D eigenvalue weighted by atomic mass is 16.5. The van der Waals surface area contributed by atoms with Crippen LogP contribution in [0, 0.1) is 0 Å². The number of carboxylic acid groups (broad SMARTS) is 1. The normalized spacial score (nSPS) is 13.5. The molecule has 0 aromatic heterocycles. The Morgan fingerprint density at radius 1 is 1.18 bits per heavy atom.